The zero-order valence-corrected chi connectivity index (χ0v) is 52.9. The van der Waals surface area contributed by atoms with Crippen LogP contribution in [0.1, 0.15) is 354 Å². The van der Waals surface area contributed by atoms with E-state index in [0.29, 0.717) is 6.42 Å². The minimum Gasteiger partial charge on any atom is -0.394 e. The lowest BCUT2D eigenvalue weighted by atomic mass is 9.99. The van der Waals surface area contributed by atoms with Crippen molar-refractivity contribution in [2.24, 2.45) is 0 Å². The van der Waals surface area contributed by atoms with Gasteiger partial charge in [-0.15, -0.1) is 0 Å². The molecule has 7 atom stereocenters. The predicted molar refractivity (Wildman–Crippen MR) is 341 cm³/mol. The fraction of sp³-hybridized carbons (Fsp3) is 0.901. The third kappa shape index (κ3) is 48.7. The summed E-state index contributed by atoms with van der Waals surface area (Å²) in [5.74, 6) is -0.183. The van der Waals surface area contributed by atoms with Crippen LogP contribution in [0.2, 0.25) is 0 Å². The first-order valence-electron chi connectivity index (χ1n) is 35.2. The van der Waals surface area contributed by atoms with E-state index in [0.717, 1.165) is 44.9 Å². The smallest absolute Gasteiger partial charge is 0.220 e. The number of rotatable bonds is 62. The number of hydrogen-bond acceptors (Lipinski definition) is 8. The highest BCUT2D eigenvalue weighted by Crippen LogP contribution is 2.23. The molecule has 472 valence electrons. The maximum Gasteiger partial charge on any atom is 0.220 e. The molecule has 9 heteroatoms. The van der Waals surface area contributed by atoms with Crippen LogP contribution in [-0.2, 0) is 14.3 Å². The van der Waals surface area contributed by atoms with Crippen LogP contribution >= 0.6 is 0 Å². The molecule has 0 aromatic carbocycles. The first-order chi connectivity index (χ1) is 39.3. The first-order valence-corrected chi connectivity index (χ1v) is 35.2. The number of carbonyl (C=O) groups is 1. The van der Waals surface area contributed by atoms with E-state index in [2.05, 4.69) is 43.5 Å². The SMILES string of the molecule is CCCCCCCCCCCCCC/C=C/CC/C=C/CC/C=C/C(O)C(COC1OC(CO)C(O)C(O)C1O)NC(=O)CCCCCCCCCCCCCCCCCCCCCCCCCCCCCCCCCCCCC. The van der Waals surface area contributed by atoms with E-state index in [-0.39, 0.29) is 12.5 Å². The highest BCUT2D eigenvalue weighted by Gasteiger charge is 2.44. The molecule has 1 aliphatic heterocycles. The summed E-state index contributed by atoms with van der Waals surface area (Å²) in [6.45, 7) is 3.81. The maximum absolute atomic E-state index is 13.1. The molecule has 0 spiro atoms. The Bertz CT molecular complexity index is 1360. The monoisotopic (exact) mass is 1130 g/mol. The molecule has 1 aliphatic rings. The average molecular weight is 1130 g/mol. The van der Waals surface area contributed by atoms with Gasteiger partial charge in [-0.05, 0) is 44.9 Å². The third-order valence-electron chi connectivity index (χ3n) is 16.9. The van der Waals surface area contributed by atoms with Crippen molar-refractivity contribution in [3.63, 3.8) is 0 Å². The number of nitrogens with one attached hydrogen (secondary N) is 1. The topological polar surface area (TPSA) is 149 Å². The van der Waals surface area contributed by atoms with Crippen molar-refractivity contribution in [1.82, 2.24) is 5.32 Å². The van der Waals surface area contributed by atoms with Crippen molar-refractivity contribution in [3.05, 3.63) is 36.5 Å². The number of ether oxygens (including phenoxy) is 2. The summed E-state index contributed by atoms with van der Waals surface area (Å²) < 4.78 is 11.3. The number of carbonyl (C=O) groups excluding carboxylic acids is 1. The fourth-order valence-electron chi connectivity index (χ4n) is 11.4. The van der Waals surface area contributed by atoms with E-state index in [9.17, 15) is 30.3 Å². The van der Waals surface area contributed by atoms with Crippen molar-refractivity contribution in [2.45, 2.75) is 397 Å². The first kappa shape index (κ1) is 76.4. The number of aliphatic hydroxyl groups excluding tert-OH is 5. The molecule has 1 rings (SSSR count). The Kier molecular flexibility index (Phi) is 57.8. The molecular formula is C71H135NO8. The van der Waals surface area contributed by atoms with Crippen molar-refractivity contribution in [1.29, 1.82) is 0 Å². The van der Waals surface area contributed by atoms with Crippen LogP contribution in [0, 0.1) is 0 Å². The van der Waals surface area contributed by atoms with Crippen molar-refractivity contribution in [3.8, 4) is 0 Å². The van der Waals surface area contributed by atoms with Gasteiger partial charge in [-0.1, -0.05) is 339 Å². The summed E-state index contributed by atoms with van der Waals surface area (Å²) in [6.07, 6.45) is 74.1. The lowest BCUT2D eigenvalue weighted by molar-refractivity contribution is -0.302. The number of hydrogen-bond donors (Lipinski definition) is 6. The largest absolute Gasteiger partial charge is 0.394 e. The standard InChI is InChI=1S/C71H135NO8/c1-3-5-7-9-11-13-15-17-19-21-23-25-27-28-29-30-31-32-33-34-35-36-37-38-39-41-43-45-47-49-51-53-55-57-59-61-67(75)72-64(63-79-71-70(78)69(77)68(76)66(62-73)80-71)65(74)60-58-56-54-52-50-48-46-44-42-40-26-24-22-20-18-16-14-12-10-8-6-4-2/h42,44,50,52,58,60,64-66,68-71,73-74,76-78H,3-41,43,45-49,51,53-57,59,61-63H2,1-2H3,(H,72,75)/b44-42+,52-50+,60-58+. The van der Waals surface area contributed by atoms with Crippen LogP contribution in [0.15, 0.2) is 36.5 Å². The van der Waals surface area contributed by atoms with Gasteiger partial charge in [-0.3, -0.25) is 4.79 Å². The van der Waals surface area contributed by atoms with Crippen LogP contribution in [0.5, 0.6) is 0 Å². The van der Waals surface area contributed by atoms with Crippen molar-refractivity contribution in [2.75, 3.05) is 13.2 Å². The molecule has 0 radical (unpaired) electrons. The highest BCUT2D eigenvalue weighted by atomic mass is 16.7. The fourth-order valence-corrected chi connectivity index (χ4v) is 11.4. The quantitative estimate of drug-likeness (QED) is 0.0261. The van der Waals surface area contributed by atoms with Gasteiger partial charge in [-0.2, -0.15) is 0 Å². The van der Waals surface area contributed by atoms with Gasteiger partial charge in [0, 0.05) is 6.42 Å². The molecule has 1 amide bonds. The number of allylic oxidation sites excluding steroid dienone is 5. The van der Waals surface area contributed by atoms with E-state index >= 15 is 0 Å². The van der Waals surface area contributed by atoms with Crippen LogP contribution in [0.25, 0.3) is 0 Å². The van der Waals surface area contributed by atoms with Crippen molar-refractivity contribution < 1.29 is 39.8 Å². The molecule has 0 bridgehead atoms. The lowest BCUT2D eigenvalue weighted by Gasteiger charge is -2.40. The second-order valence-corrected chi connectivity index (χ2v) is 24.7. The van der Waals surface area contributed by atoms with Crippen molar-refractivity contribution >= 4 is 5.91 Å². The van der Waals surface area contributed by atoms with Gasteiger partial charge in [0.05, 0.1) is 25.4 Å². The van der Waals surface area contributed by atoms with E-state index in [1.54, 1.807) is 6.08 Å². The van der Waals surface area contributed by atoms with Crippen LogP contribution < -0.4 is 5.32 Å². The Morgan fingerprint density at radius 2 is 0.713 bits per heavy atom. The molecule has 9 nitrogen and oxygen atoms in total. The van der Waals surface area contributed by atoms with Gasteiger partial charge in [-0.25, -0.2) is 0 Å². The summed E-state index contributed by atoms with van der Waals surface area (Å²) in [7, 11) is 0. The Hall–Kier alpha value is -1.59. The van der Waals surface area contributed by atoms with Gasteiger partial charge in [0.25, 0.3) is 0 Å². The van der Waals surface area contributed by atoms with Gasteiger partial charge in [0.1, 0.15) is 24.4 Å². The summed E-state index contributed by atoms with van der Waals surface area (Å²) in [4.78, 5) is 13.1. The van der Waals surface area contributed by atoms with Gasteiger partial charge in [0.2, 0.25) is 5.91 Å². The molecular weight excluding hydrogens is 995 g/mol. The van der Waals surface area contributed by atoms with Crippen LogP contribution in [0.3, 0.4) is 0 Å². The third-order valence-corrected chi connectivity index (χ3v) is 16.9. The molecule has 0 aromatic heterocycles. The number of aliphatic hydroxyl groups is 5. The number of amides is 1. The maximum atomic E-state index is 13.1. The predicted octanol–water partition coefficient (Wildman–Crippen LogP) is 19.0. The van der Waals surface area contributed by atoms with E-state index in [1.165, 1.54) is 289 Å². The Balaban J connectivity index is 2.11. The van der Waals surface area contributed by atoms with E-state index in [1.807, 2.05) is 6.08 Å². The van der Waals surface area contributed by atoms with E-state index in [4.69, 9.17) is 9.47 Å². The second kappa shape index (κ2) is 60.5. The molecule has 80 heavy (non-hydrogen) atoms. The van der Waals surface area contributed by atoms with Gasteiger partial charge < -0.3 is 40.3 Å². The second-order valence-electron chi connectivity index (χ2n) is 24.7. The molecule has 1 heterocycles. The molecule has 0 aliphatic carbocycles. The summed E-state index contributed by atoms with van der Waals surface area (Å²) in [5.41, 5.74) is 0. The normalized spacial score (nSPS) is 18.6. The molecule has 7 unspecified atom stereocenters. The average Bonchev–Trinajstić information content (AvgIpc) is 3.46. The zero-order chi connectivity index (χ0) is 57.9. The Morgan fingerprint density at radius 1 is 0.412 bits per heavy atom. The summed E-state index contributed by atoms with van der Waals surface area (Å²) in [5, 5.41) is 54.7. The minimum atomic E-state index is -1.57. The van der Waals surface area contributed by atoms with Crippen LogP contribution in [-0.4, -0.2) is 87.5 Å². The van der Waals surface area contributed by atoms with Gasteiger partial charge in [0.15, 0.2) is 6.29 Å². The zero-order valence-electron chi connectivity index (χ0n) is 52.9. The molecule has 1 saturated heterocycles. The Labute approximate surface area is 495 Å². The number of unbranched alkanes of at least 4 members (excludes halogenated alkanes) is 48. The molecule has 0 saturated carbocycles. The summed E-state index contributed by atoms with van der Waals surface area (Å²) >= 11 is 0. The van der Waals surface area contributed by atoms with E-state index < -0.39 is 49.5 Å². The molecule has 1 fully saturated rings. The van der Waals surface area contributed by atoms with Gasteiger partial charge >= 0.3 is 0 Å². The highest BCUT2D eigenvalue weighted by molar-refractivity contribution is 5.76. The minimum absolute atomic E-state index is 0.183. The molecule has 6 N–H and O–H groups in total. The van der Waals surface area contributed by atoms with Crippen LogP contribution in [0.4, 0.5) is 0 Å². The molecule has 0 aromatic rings. The Morgan fingerprint density at radius 3 is 1.05 bits per heavy atom. The lowest BCUT2D eigenvalue weighted by Crippen LogP contribution is -2.60. The summed E-state index contributed by atoms with van der Waals surface area (Å²) in [6, 6.07) is -0.827.